The summed E-state index contributed by atoms with van der Waals surface area (Å²) >= 11 is 0. The minimum atomic E-state index is 0.582. The fourth-order valence-electron chi connectivity index (χ4n) is 6.54. The maximum Gasteiger partial charge on any atom is 0.0992 e. The van der Waals surface area contributed by atoms with Crippen LogP contribution in [0.3, 0.4) is 0 Å². The number of pyridine rings is 2. The molecule has 6 aromatic carbocycles. The van der Waals surface area contributed by atoms with Gasteiger partial charge in [0.1, 0.15) is 0 Å². The average molecular weight is 585 g/mol. The van der Waals surface area contributed by atoms with Crippen LogP contribution in [0.2, 0.25) is 0 Å². The maximum atomic E-state index is 9.51. The number of hydrogen-bond acceptors (Lipinski definition) is 4. The Labute approximate surface area is 266 Å². The van der Waals surface area contributed by atoms with E-state index in [1.54, 1.807) is 24.5 Å². The van der Waals surface area contributed by atoms with E-state index in [1.165, 1.54) is 16.2 Å². The maximum absolute atomic E-state index is 9.51. The average Bonchev–Trinajstić information content (AvgIpc) is 3.13. The number of benzene rings is 6. The van der Waals surface area contributed by atoms with Crippen LogP contribution in [-0.4, -0.2) is 9.97 Å². The van der Waals surface area contributed by atoms with Gasteiger partial charge in [0.2, 0.25) is 0 Å². The third-order valence-electron chi connectivity index (χ3n) is 8.59. The van der Waals surface area contributed by atoms with Gasteiger partial charge in [-0.3, -0.25) is 9.97 Å². The van der Waals surface area contributed by atoms with Gasteiger partial charge >= 0.3 is 0 Å². The molecule has 0 aliphatic heterocycles. The molecule has 0 radical (unpaired) electrons. The van der Waals surface area contributed by atoms with Crippen LogP contribution in [0.25, 0.3) is 77.1 Å². The molecule has 0 saturated heterocycles. The van der Waals surface area contributed by atoms with Gasteiger partial charge in [0.25, 0.3) is 0 Å². The highest BCUT2D eigenvalue weighted by molar-refractivity contribution is 6.28. The summed E-state index contributed by atoms with van der Waals surface area (Å²) in [5, 5.41) is 26.0. The summed E-state index contributed by atoms with van der Waals surface area (Å²) in [6, 6.07) is 50.1. The molecular weight excluding hydrogens is 560 g/mol. The molecule has 0 aliphatic carbocycles. The van der Waals surface area contributed by atoms with Crippen LogP contribution in [-0.2, 0) is 0 Å². The van der Waals surface area contributed by atoms with Crippen LogP contribution in [0.15, 0.2) is 146 Å². The molecule has 0 bridgehead atoms. The molecule has 0 atom stereocenters. The zero-order valence-corrected chi connectivity index (χ0v) is 24.6. The standard InChI is InChI=1S/C42H24N4/c43-25-27-17-19-45-38(21-27)30-8-5-10-32(23-30)40-35-13-3-4-14-36(35)41(42-34-12-2-1-7-29(34)15-16-37(40)42)33-11-6-9-31(24-33)39-22-28(26-44)18-20-46-39/h1-24H. The first-order valence-corrected chi connectivity index (χ1v) is 15.0. The highest BCUT2D eigenvalue weighted by atomic mass is 14.7. The van der Waals surface area contributed by atoms with Gasteiger partial charge in [0.05, 0.1) is 34.7 Å². The first-order chi connectivity index (χ1) is 22.7. The van der Waals surface area contributed by atoms with Crippen LogP contribution in [0.5, 0.6) is 0 Å². The molecule has 0 aliphatic rings. The van der Waals surface area contributed by atoms with Gasteiger partial charge in [0.15, 0.2) is 0 Å². The molecule has 0 fully saturated rings. The number of fused-ring (bicyclic) bond motifs is 4. The second-order valence-corrected chi connectivity index (χ2v) is 11.2. The molecule has 0 N–H and O–H groups in total. The Morgan fingerprint density at radius 1 is 0.413 bits per heavy atom. The van der Waals surface area contributed by atoms with E-state index >= 15 is 0 Å². The van der Waals surface area contributed by atoms with E-state index in [0.717, 1.165) is 60.9 Å². The normalized spacial score (nSPS) is 11.0. The summed E-state index contributed by atoms with van der Waals surface area (Å²) in [5.74, 6) is 0. The lowest BCUT2D eigenvalue weighted by molar-refractivity contribution is 1.31. The molecule has 0 amide bonds. The van der Waals surface area contributed by atoms with Crippen molar-refractivity contribution in [2.75, 3.05) is 0 Å². The van der Waals surface area contributed by atoms with Crippen molar-refractivity contribution in [3.8, 4) is 56.9 Å². The van der Waals surface area contributed by atoms with Crippen LogP contribution in [0.1, 0.15) is 11.1 Å². The zero-order chi connectivity index (χ0) is 31.0. The predicted octanol–water partition coefficient (Wildman–Crippen LogP) is 10.3. The molecule has 0 saturated carbocycles. The third kappa shape index (κ3) is 4.54. The lowest BCUT2D eigenvalue weighted by Crippen LogP contribution is -1.93. The van der Waals surface area contributed by atoms with E-state index < -0.39 is 0 Å². The van der Waals surface area contributed by atoms with Crippen molar-refractivity contribution < 1.29 is 0 Å². The van der Waals surface area contributed by atoms with Gasteiger partial charge in [0, 0.05) is 23.5 Å². The van der Waals surface area contributed by atoms with Gasteiger partial charge < -0.3 is 0 Å². The first-order valence-electron chi connectivity index (χ1n) is 15.0. The molecular formula is C42H24N4. The Hall–Kier alpha value is -6.62. The van der Waals surface area contributed by atoms with Crippen LogP contribution in [0.4, 0.5) is 0 Å². The van der Waals surface area contributed by atoms with Crippen molar-refractivity contribution in [2.24, 2.45) is 0 Å². The van der Waals surface area contributed by atoms with E-state index in [4.69, 9.17) is 0 Å². The minimum absolute atomic E-state index is 0.582. The SMILES string of the molecule is N#Cc1ccnc(-c2cccc(-c3c4ccccc4c(-c4cccc(-c5cc(C#N)ccn5)c4)c4c3ccc3ccccc34)c2)c1. The summed E-state index contributed by atoms with van der Waals surface area (Å²) < 4.78 is 0. The van der Waals surface area contributed by atoms with E-state index in [-0.39, 0.29) is 0 Å². The Balaban J connectivity index is 1.45. The van der Waals surface area contributed by atoms with Gasteiger partial charge in [-0.2, -0.15) is 10.5 Å². The van der Waals surface area contributed by atoms with E-state index in [0.29, 0.717) is 11.1 Å². The molecule has 2 heterocycles. The number of nitrogens with zero attached hydrogens (tertiary/aromatic N) is 4. The minimum Gasteiger partial charge on any atom is -0.256 e. The van der Waals surface area contributed by atoms with E-state index in [1.807, 2.05) is 24.3 Å². The highest BCUT2D eigenvalue weighted by Crippen LogP contribution is 2.47. The lowest BCUT2D eigenvalue weighted by atomic mass is 9.83. The zero-order valence-electron chi connectivity index (χ0n) is 24.6. The first kappa shape index (κ1) is 27.0. The number of nitriles is 2. The number of hydrogen-bond donors (Lipinski definition) is 0. The Kier molecular flexibility index (Phi) is 6.53. The molecule has 212 valence electrons. The van der Waals surface area contributed by atoms with Crippen LogP contribution in [0, 0.1) is 22.7 Å². The third-order valence-corrected chi connectivity index (χ3v) is 8.59. The van der Waals surface area contributed by atoms with Crippen molar-refractivity contribution in [1.29, 1.82) is 10.5 Å². The van der Waals surface area contributed by atoms with Gasteiger partial charge in [-0.25, -0.2) is 0 Å². The summed E-state index contributed by atoms with van der Waals surface area (Å²) in [5.41, 5.74) is 9.07. The molecule has 0 spiro atoms. The molecule has 8 rings (SSSR count). The summed E-state index contributed by atoms with van der Waals surface area (Å²) in [6.07, 6.45) is 3.38. The van der Waals surface area contributed by atoms with Crippen molar-refractivity contribution >= 4 is 32.3 Å². The van der Waals surface area contributed by atoms with Crippen molar-refractivity contribution in [3.63, 3.8) is 0 Å². The Bertz CT molecular complexity index is 2570. The van der Waals surface area contributed by atoms with E-state index in [2.05, 4.69) is 119 Å². The quantitative estimate of drug-likeness (QED) is 0.152. The van der Waals surface area contributed by atoms with Gasteiger partial charge in [-0.05, 0) is 91.0 Å². The van der Waals surface area contributed by atoms with Gasteiger partial charge in [-0.15, -0.1) is 0 Å². The molecule has 8 aromatic rings. The second-order valence-electron chi connectivity index (χ2n) is 11.2. The summed E-state index contributed by atoms with van der Waals surface area (Å²) in [6.45, 7) is 0. The second kappa shape index (κ2) is 11.1. The summed E-state index contributed by atoms with van der Waals surface area (Å²) in [4.78, 5) is 9.17. The number of aromatic nitrogens is 2. The van der Waals surface area contributed by atoms with Crippen molar-refractivity contribution in [1.82, 2.24) is 9.97 Å². The van der Waals surface area contributed by atoms with Crippen LogP contribution < -0.4 is 0 Å². The molecule has 4 heteroatoms. The largest absolute Gasteiger partial charge is 0.256 e. The topological polar surface area (TPSA) is 73.4 Å². The molecule has 2 aromatic heterocycles. The van der Waals surface area contributed by atoms with Crippen LogP contribution >= 0.6 is 0 Å². The lowest BCUT2D eigenvalue weighted by Gasteiger charge is -2.20. The number of rotatable bonds is 4. The van der Waals surface area contributed by atoms with Crippen molar-refractivity contribution in [2.45, 2.75) is 0 Å². The fraction of sp³-hybridized carbons (Fsp3) is 0. The van der Waals surface area contributed by atoms with Crippen molar-refractivity contribution in [3.05, 3.63) is 157 Å². The molecule has 46 heavy (non-hydrogen) atoms. The Morgan fingerprint density at radius 2 is 0.935 bits per heavy atom. The predicted molar refractivity (Wildman–Crippen MR) is 186 cm³/mol. The molecule has 0 unspecified atom stereocenters. The Morgan fingerprint density at radius 3 is 1.54 bits per heavy atom. The molecule has 4 nitrogen and oxygen atoms in total. The fourth-order valence-corrected chi connectivity index (χ4v) is 6.54. The summed E-state index contributed by atoms with van der Waals surface area (Å²) in [7, 11) is 0. The van der Waals surface area contributed by atoms with E-state index in [9.17, 15) is 10.5 Å². The monoisotopic (exact) mass is 584 g/mol. The van der Waals surface area contributed by atoms with Gasteiger partial charge in [-0.1, -0.05) is 97.1 Å². The smallest absolute Gasteiger partial charge is 0.0992 e. The highest BCUT2D eigenvalue weighted by Gasteiger charge is 2.19.